The van der Waals surface area contributed by atoms with Crippen molar-refractivity contribution in [1.82, 2.24) is 4.72 Å². The van der Waals surface area contributed by atoms with Gasteiger partial charge in [0.25, 0.3) is 5.91 Å². The third-order valence-electron chi connectivity index (χ3n) is 7.40. The topological polar surface area (TPSA) is 67.8 Å². The predicted octanol–water partition coefficient (Wildman–Crippen LogP) is 6.38. The van der Waals surface area contributed by atoms with Crippen LogP contribution in [0.15, 0.2) is 16.7 Å². The van der Waals surface area contributed by atoms with Crippen LogP contribution in [0.5, 0.6) is 5.75 Å². The maximum atomic E-state index is 14.7. The van der Waals surface area contributed by atoms with Crippen molar-refractivity contribution in [2.45, 2.75) is 71.1 Å². The number of rotatable bonds is 8. The van der Waals surface area contributed by atoms with Crippen molar-refractivity contribution in [3.63, 3.8) is 0 Å². The number of benzene rings is 1. The largest absolute Gasteiger partial charge is 0.493 e. The molecule has 0 heterocycles. The Labute approximate surface area is 182 Å². The van der Waals surface area contributed by atoms with Gasteiger partial charge < -0.3 is 4.74 Å². The molecule has 1 aromatic carbocycles. The number of nitrogens with one attached hydrogen (secondary N) is 1. The van der Waals surface area contributed by atoms with Gasteiger partial charge in [-0.2, -0.15) is 0 Å². The average Bonchev–Trinajstić information content (AvgIpc) is 3.54. The van der Waals surface area contributed by atoms with Crippen molar-refractivity contribution >= 4 is 18.0 Å². The molecule has 2 atom stereocenters. The lowest BCUT2D eigenvalue weighted by atomic mass is 9.58. The lowest BCUT2D eigenvalue weighted by Gasteiger charge is -2.48. The van der Waals surface area contributed by atoms with Crippen molar-refractivity contribution in [2.75, 3.05) is 6.61 Å². The van der Waals surface area contributed by atoms with Crippen LogP contribution in [0.1, 0.15) is 87.1 Å². The minimum Gasteiger partial charge on any atom is -0.493 e. The third-order valence-corrected chi connectivity index (χ3v) is 7.75. The average molecular weight is 435 g/mol. The second-order valence-electron chi connectivity index (χ2n) is 9.84. The number of halogens is 1. The quantitative estimate of drug-likeness (QED) is 0.380. The van der Waals surface area contributed by atoms with Crippen LogP contribution in [0.3, 0.4) is 0 Å². The molecule has 4 rings (SSSR count). The normalized spacial score (nSPS) is 30.6. The van der Waals surface area contributed by atoms with Crippen LogP contribution in [0, 0.1) is 33.9 Å². The maximum Gasteiger partial charge on any atom is 0.265 e. The van der Waals surface area contributed by atoms with E-state index in [9.17, 15) is 14.1 Å². The summed E-state index contributed by atoms with van der Waals surface area (Å²) in [5.41, 5.74) is 1.00. The molecule has 5 nitrogen and oxygen atoms in total. The minimum atomic E-state index is -0.648. The van der Waals surface area contributed by atoms with Crippen molar-refractivity contribution < 1.29 is 13.9 Å². The van der Waals surface area contributed by atoms with E-state index < -0.39 is 11.7 Å². The van der Waals surface area contributed by atoms with Crippen LogP contribution in [0.2, 0.25) is 0 Å². The van der Waals surface area contributed by atoms with E-state index in [2.05, 4.69) is 23.2 Å². The molecule has 3 fully saturated rings. The highest BCUT2D eigenvalue weighted by Crippen LogP contribution is 2.52. The van der Waals surface area contributed by atoms with E-state index in [1.807, 2.05) is 0 Å². The molecule has 164 valence electrons. The summed E-state index contributed by atoms with van der Waals surface area (Å²) in [5, 5.41) is 0. The van der Waals surface area contributed by atoms with Gasteiger partial charge in [-0.1, -0.05) is 13.8 Å². The number of hydrogen-bond acceptors (Lipinski definition) is 5. The van der Waals surface area contributed by atoms with Gasteiger partial charge in [-0.05, 0) is 86.7 Å². The highest BCUT2D eigenvalue weighted by atomic mass is 32.2. The minimum absolute atomic E-state index is 0.0632. The maximum absolute atomic E-state index is 14.7. The van der Waals surface area contributed by atoms with Gasteiger partial charge in [0.1, 0.15) is 23.7 Å². The summed E-state index contributed by atoms with van der Waals surface area (Å²) in [5.74, 6) is 2.00. The molecule has 0 saturated heterocycles. The second-order valence-corrected chi connectivity index (χ2v) is 10.4. The van der Waals surface area contributed by atoms with Gasteiger partial charge in [-0.25, -0.2) is 4.39 Å². The molecule has 3 aliphatic carbocycles. The molecule has 2 bridgehead atoms. The van der Waals surface area contributed by atoms with Gasteiger partial charge in [0, 0.05) is 16.1 Å². The van der Waals surface area contributed by atoms with Crippen LogP contribution in [0.4, 0.5) is 4.39 Å². The van der Waals surface area contributed by atoms with Gasteiger partial charge >= 0.3 is 0 Å². The van der Waals surface area contributed by atoms with Gasteiger partial charge in [0.05, 0.1) is 12.2 Å². The number of ether oxygens (including phenoxy) is 1. The van der Waals surface area contributed by atoms with E-state index >= 15 is 0 Å². The fraction of sp³-hybridized carbons (Fsp3) is 0.696. The number of carbonyl (C=O) groups is 1. The second kappa shape index (κ2) is 8.85. The zero-order valence-corrected chi connectivity index (χ0v) is 18.6. The number of nitrogens with zero attached hydrogens (tertiary/aromatic N) is 1. The Balaban J connectivity index is 1.52. The number of fused-ring (bicyclic) bond motifs is 2. The van der Waals surface area contributed by atoms with Crippen molar-refractivity contribution in [2.24, 2.45) is 27.8 Å². The highest BCUT2D eigenvalue weighted by molar-refractivity contribution is 7.96. The van der Waals surface area contributed by atoms with Gasteiger partial charge in [0.2, 0.25) is 0 Å². The molecule has 1 N–H and O–H groups in total. The molecule has 7 heteroatoms. The Bertz CT molecular complexity index is 796. The third kappa shape index (κ3) is 4.66. The first-order valence-electron chi connectivity index (χ1n) is 11.2. The SMILES string of the molecule is CCC1(COc2cc(F)c(C(=O)NSN=O)cc2C2CC2)CC2CC(C)CC(C2)C1. The standard InChI is InChI=1S/C23H31FN2O3S/c1-3-23(11-15-6-14(2)7-16(8-15)12-23)13-29-21-10-20(24)19(22(27)25-30-26-28)9-18(21)17-4-5-17/h9-10,14-17H,3-8,11-13H2,1-2H3,(H,25,27). The summed E-state index contributed by atoms with van der Waals surface area (Å²) in [6.07, 6.45) is 9.50. The zero-order valence-electron chi connectivity index (χ0n) is 17.8. The van der Waals surface area contributed by atoms with Crippen molar-refractivity contribution in [1.29, 1.82) is 0 Å². The Hall–Kier alpha value is -1.63. The summed E-state index contributed by atoms with van der Waals surface area (Å²) in [7, 11) is 0. The van der Waals surface area contributed by atoms with E-state index in [1.54, 1.807) is 6.07 Å². The molecular formula is C23H31FN2O3S. The first-order valence-corrected chi connectivity index (χ1v) is 12.0. The van der Waals surface area contributed by atoms with E-state index in [0.29, 0.717) is 30.4 Å². The first kappa shape index (κ1) is 21.6. The molecule has 3 saturated carbocycles. The summed E-state index contributed by atoms with van der Waals surface area (Å²) in [6, 6.07) is 2.95. The van der Waals surface area contributed by atoms with E-state index in [1.165, 1.54) is 38.2 Å². The zero-order chi connectivity index (χ0) is 21.3. The van der Waals surface area contributed by atoms with Gasteiger partial charge in [-0.3, -0.25) is 9.52 Å². The highest BCUT2D eigenvalue weighted by Gasteiger charge is 2.43. The van der Waals surface area contributed by atoms with Crippen LogP contribution in [-0.4, -0.2) is 12.5 Å². The Morgan fingerprint density at radius 3 is 2.57 bits per heavy atom. The number of nitroso groups, excluding NO2 is 1. The smallest absolute Gasteiger partial charge is 0.265 e. The van der Waals surface area contributed by atoms with E-state index in [-0.39, 0.29) is 11.0 Å². The van der Waals surface area contributed by atoms with Crippen molar-refractivity contribution in [3.05, 3.63) is 34.0 Å². The van der Waals surface area contributed by atoms with Crippen LogP contribution >= 0.6 is 12.1 Å². The Kier molecular flexibility index (Phi) is 6.37. The molecule has 2 unspecified atom stereocenters. The number of amides is 1. The van der Waals surface area contributed by atoms with Crippen LogP contribution < -0.4 is 9.46 Å². The molecule has 1 aromatic rings. The Morgan fingerprint density at radius 1 is 1.27 bits per heavy atom. The lowest BCUT2D eigenvalue weighted by molar-refractivity contribution is -0.000675. The first-order chi connectivity index (χ1) is 14.4. The van der Waals surface area contributed by atoms with Crippen LogP contribution in [-0.2, 0) is 0 Å². The van der Waals surface area contributed by atoms with E-state index in [0.717, 1.165) is 42.6 Å². The van der Waals surface area contributed by atoms with E-state index in [4.69, 9.17) is 4.74 Å². The number of carbonyl (C=O) groups excluding carboxylic acids is 1. The predicted molar refractivity (Wildman–Crippen MR) is 117 cm³/mol. The van der Waals surface area contributed by atoms with Crippen LogP contribution in [0.25, 0.3) is 0 Å². The number of hydrogen-bond donors (Lipinski definition) is 1. The molecule has 0 aromatic heterocycles. The molecule has 30 heavy (non-hydrogen) atoms. The molecule has 0 aliphatic heterocycles. The fourth-order valence-corrected chi connectivity index (χ4v) is 6.21. The molecule has 3 aliphatic rings. The monoisotopic (exact) mass is 434 g/mol. The molecule has 1 amide bonds. The van der Waals surface area contributed by atoms with Gasteiger partial charge in [-0.15, -0.1) is 4.91 Å². The van der Waals surface area contributed by atoms with Gasteiger partial charge in [0.15, 0.2) is 0 Å². The molecular weight excluding hydrogens is 403 g/mol. The fourth-order valence-electron chi connectivity index (χ4n) is 5.98. The summed E-state index contributed by atoms with van der Waals surface area (Å²) < 4.78 is 25.8. The molecule has 0 spiro atoms. The summed E-state index contributed by atoms with van der Waals surface area (Å²) in [6.45, 7) is 5.24. The van der Waals surface area contributed by atoms with Crippen molar-refractivity contribution in [3.8, 4) is 5.75 Å². The Morgan fingerprint density at radius 2 is 1.97 bits per heavy atom. The lowest BCUT2D eigenvalue weighted by Crippen LogP contribution is -2.41. The summed E-state index contributed by atoms with van der Waals surface area (Å²) >= 11 is 0.365. The molecule has 0 radical (unpaired) electrons. The summed E-state index contributed by atoms with van der Waals surface area (Å²) in [4.78, 5) is 22.4.